The fourth-order valence-electron chi connectivity index (χ4n) is 4.70. The highest BCUT2D eigenvalue weighted by Crippen LogP contribution is 2.38. The van der Waals surface area contributed by atoms with Gasteiger partial charge in [0, 0.05) is 50.5 Å². The number of rotatable bonds is 6. The van der Waals surface area contributed by atoms with Crippen molar-refractivity contribution in [1.29, 1.82) is 0 Å². The summed E-state index contributed by atoms with van der Waals surface area (Å²) in [6.07, 6.45) is 0.529. The lowest BCUT2D eigenvalue weighted by atomic mass is 9.83. The van der Waals surface area contributed by atoms with E-state index in [9.17, 15) is 14.9 Å². The van der Waals surface area contributed by atoms with Gasteiger partial charge in [0.2, 0.25) is 5.91 Å². The zero-order chi connectivity index (χ0) is 22.0. The number of amides is 1. The Morgan fingerprint density at radius 1 is 1.19 bits per heavy atom. The summed E-state index contributed by atoms with van der Waals surface area (Å²) in [5, 5.41) is 14.4. The molecule has 2 aliphatic rings. The van der Waals surface area contributed by atoms with Gasteiger partial charge < -0.3 is 10.2 Å². The van der Waals surface area contributed by atoms with E-state index >= 15 is 0 Å². The highest BCUT2D eigenvalue weighted by molar-refractivity contribution is 5.82. The molecular formula is C24H30N4O3. The number of benzene rings is 2. The van der Waals surface area contributed by atoms with E-state index in [2.05, 4.69) is 53.2 Å². The third-order valence-electron chi connectivity index (χ3n) is 6.26. The van der Waals surface area contributed by atoms with Crippen molar-refractivity contribution >= 4 is 17.3 Å². The van der Waals surface area contributed by atoms with Gasteiger partial charge in [0.1, 0.15) is 0 Å². The van der Waals surface area contributed by atoms with Gasteiger partial charge in [-0.05, 0) is 29.5 Å². The van der Waals surface area contributed by atoms with Gasteiger partial charge in [-0.1, -0.05) is 44.2 Å². The minimum Gasteiger partial charge on any atom is -0.365 e. The number of hydrogen-bond acceptors (Lipinski definition) is 5. The van der Waals surface area contributed by atoms with Gasteiger partial charge in [0.15, 0.2) is 0 Å². The minimum absolute atomic E-state index is 0.0439. The third-order valence-corrected chi connectivity index (χ3v) is 6.26. The number of piperazine rings is 1. The number of anilines is 1. The SMILES string of the molecule is CC(C)CNC(=O)[C@H]1Cc2cc([N+](=O)[O-])ccc2N2CCN(Cc3ccccc3)C[C@@H]12. The lowest BCUT2D eigenvalue weighted by molar-refractivity contribution is -0.384. The van der Waals surface area contributed by atoms with Crippen molar-refractivity contribution in [2.45, 2.75) is 32.9 Å². The number of non-ortho nitro benzene ring substituents is 1. The lowest BCUT2D eigenvalue weighted by Gasteiger charge is -2.49. The van der Waals surface area contributed by atoms with Crippen LogP contribution < -0.4 is 10.2 Å². The second-order valence-electron chi connectivity index (χ2n) is 9.00. The number of nitro groups is 1. The Bertz CT molecular complexity index is 947. The molecule has 2 aromatic rings. The number of fused-ring (bicyclic) bond motifs is 3. The summed E-state index contributed by atoms with van der Waals surface area (Å²) in [4.78, 5) is 28.8. The zero-order valence-electron chi connectivity index (χ0n) is 18.2. The van der Waals surface area contributed by atoms with E-state index in [4.69, 9.17) is 0 Å². The van der Waals surface area contributed by atoms with E-state index in [-0.39, 0.29) is 28.5 Å². The van der Waals surface area contributed by atoms with Crippen LogP contribution in [0.4, 0.5) is 11.4 Å². The molecule has 0 bridgehead atoms. The maximum Gasteiger partial charge on any atom is 0.269 e. The molecule has 0 radical (unpaired) electrons. The smallest absolute Gasteiger partial charge is 0.269 e. The summed E-state index contributed by atoms with van der Waals surface area (Å²) >= 11 is 0. The van der Waals surface area contributed by atoms with Crippen LogP contribution in [0.25, 0.3) is 0 Å². The molecule has 2 aliphatic heterocycles. The molecule has 7 heteroatoms. The van der Waals surface area contributed by atoms with Crippen LogP contribution in [0.15, 0.2) is 48.5 Å². The largest absolute Gasteiger partial charge is 0.365 e. The number of nitrogens with zero attached hydrogens (tertiary/aromatic N) is 3. The van der Waals surface area contributed by atoms with Gasteiger partial charge >= 0.3 is 0 Å². The lowest BCUT2D eigenvalue weighted by Crippen LogP contribution is -2.61. The van der Waals surface area contributed by atoms with Crippen molar-refractivity contribution < 1.29 is 9.72 Å². The van der Waals surface area contributed by atoms with E-state index in [1.54, 1.807) is 12.1 Å². The summed E-state index contributed by atoms with van der Waals surface area (Å²) in [7, 11) is 0. The van der Waals surface area contributed by atoms with Crippen molar-refractivity contribution in [3.63, 3.8) is 0 Å². The molecule has 7 nitrogen and oxygen atoms in total. The first-order valence-corrected chi connectivity index (χ1v) is 11.0. The quantitative estimate of drug-likeness (QED) is 0.571. The molecule has 4 rings (SSSR count). The number of carbonyl (C=O) groups excluding carboxylic acids is 1. The molecule has 2 aromatic carbocycles. The van der Waals surface area contributed by atoms with E-state index in [1.165, 1.54) is 5.56 Å². The maximum absolute atomic E-state index is 13.2. The van der Waals surface area contributed by atoms with E-state index in [0.717, 1.165) is 37.4 Å². The number of hydrogen-bond donors (Lipinski definition) is 1. The average Bonchev–Trinajstić information content (AvgIpc) is 2.77. The first-order chi connectivity index (χ1) is 14.9. The molecule has 2 atom stereocenters. The van der Waals surface area contributed by atoms with Crippen LogP contribution in [0.1, 0.15) is 25.0 Å². The van der Waals surface area contributed by atoms with Crippen LogP contribution >= 0.6 is 0 Å². The molecule has 2 heterocycles. The second-order valence-corrected chi connectivity index (χ2v) is 9.00. The Kier molecular flexibility index (Phi) is 6.23. The molecule has 0 saturated carbocycles. The maximum atomic E-state index is 13.2. The molecule has 1 fully saturated rings. The Labute approximate surface area is 183 Å². The molecule has 0 spiro atoms. The average molecular weight is 423 g/mol. The van der Waals surface area contributed by atoms with Gasteiger partial charge in [-0.2, -0.15) is 0 Å². The summed E-state index contributed by atoms with van der Waals surface area (Å²) in [5.74, 6) is 0.187. The van der Waals surface area contributed by atoms with E-state index < -0.39 is 0 Å². The second kappa shape index (κ2) is 9.06. The predicted octanol–water partition coefficient (Wildman–Crippen LogP) is 3.23. The molecule has 0 aliphatic carbocycles. The molecule has 1 amide bonds. The normalized spacial score (nSPS) is 20.8. The Morgan fingerprint density at radius 2 is 1.97 bits per heavy atom. The predicted molar refractivity (Wildman–Crippen MR) is 121 cm³/mol. The third kappa shape index (κ3) is 4.71. The van der Waals surface area contributed by atoms with Crippen molar-refractivity contribution in [3.05, 3.63) is 69.8 Å². The van der Waals surface area contributed by atoms with Crippen LogP contribution in [-0.2, 0) is 17.8 Å². The Hall–Kier alpha value is -2.93. The van der Waals surface area contributed by atoms with Crippen LogP contribution in [0.2, 0.25) is 0 Å². The standard InChI is InChI=1S/C24H30N4O3/c1-17(2)14-25-24(29)21-13-19-12-20(28(30)31)8-9-22(19)27-11-10-26(16-23(21)27)15-18-6-4-3-5-7-18/h3-9,12,17,21,23H,10-11,13-16H2,1-2H3,(H,25,29)/t21-,23-/m0/s1. The fourth-order valence-corrected chi connectivity index (χ4v) is 4.70. The van der Waals surface area contributed by atoms with Gasteiger partial charge in [-0.15, -0.1) is 0 Å². The van der Waals surface area contributed by atoms with Crippen molar-refractivity contribution in [2.75, 3.05) is 31.1 Å². The summed E-state index contributed by atoms with van der Waals surface area (Å²) in [6.45, 7) is 8.14. The molecule has 0 aromatic heterocycles. The molecule has 1 N–H and O–H groups in total. The van der Waals surface area contributed by atoms with Gasteiger partial charge in [0.25, 0.3) is 5.69 Å². The van der Waals surface area contributed by atoms with Crippen LogP contribution in [-0.4, -0.2) is 48.0 Å². The number of nitro benzene ring substituents is 1. The van der Waals surface area contributed by atoms with Crippen molar-refractivity contribution in [2.24, 2.45) is 11.8 Å². The van der Waals surface area contributed by atoms with Gasteiger partial charge in [0.05, 0.1) is 16.9 Å². The monoisotopic (exact) mass is 422 g/mol. The topological polar surface area (TPSA) is 78.7 Å². The highest BCUT2D eigenvalue weighted by Gasteiger charge is 2.41. The number of carbonyl (C=O) groups is 1. The van der Waals surface area contributed by atoms with Crippen molar-refractivity contribution in [3.8, 4) is 0 Å². The zero-order valence-corrected chi connectivity index (χ0v) is 18.2. The molecule has 31 heavy (non-hydrogen) atoms. The first kappa shape index (κ1) is 21.3. The summed E-state index contributed by atoms with van der Waals surface area (Å²) < 4.78 is 0. The first-order valence-electron chi connectivity index (χ1n) is 11.0. The van der Waals surface area contributed by atoms with E-state index in [0.29, 0.717) is 18.9 Å². The highest BCUT2D eigenvalue weighted by atomic mass is 16.6. The Morgan fingerprint density at radius 3 is 2.68 bits per heavy atom. The molecule has 1 saturated heterocycles. The van der Waals surface area contributed by atoms with Crippen molar-refractivity contribution in [1.82, 2.24) is 10.2 Å². The van der Waals surface area contributed by atoms with Crippen LogP contribution in [0, 0.1) is 22.0 Å². The molecular weight excluding hydrogens is 392 g/mol. The van der Waals surface area contributed by atoms with E-state index in [1.807, 2.05) is 12.1 Å². The molecule has 164 valence electrons. The van der Waals surface area contributed by atoms with Gasteiger partial charge in [-0.25, -0.2) is 0 Å². The molecule has 0 unspecified atom stereocenters. The van der Waals surface area contributed by atoms with Gasteiger partial charge in [-0.3, -0.25) is 19.8 Å². The van der Waals surface area contributed by atoms with Crippen LogP contribution in [0.5, 0.6) is 0 Å². The number of nitrogens with one attached hydrogen (secondary N) is 1. The fraction of sp³-hybridized carbons (Fsp3) is 0.458. The van der Waals surface area contributed by atoms with Crippen LogP contribution in [0.3, 0.4) is 0 Å². The Balaban J connectivity index is 1.60. The summed E-state index contributed by atoms with van der Waals surface area (Å²) in [5.41, 5.74) is 3.28. The minimum atomic E-state index is -0.363. The summed E-state index contributed by atoms with van der Waals surface area (Å²) in [6, 6.07) is 15.5.